The fourth-order valence-corrected chi connectivity index (χ4v) is 3.24. The Morgan fingerprint density at radius 2 is 1.68 bits per heavy atom. The lowest BCUT2D eigenvalue weighted by atomic mass is 10.0. The second-order valence-corrected chi connectivity index (χ2v) is 6.68. The highest BCUT2D eigenvalue weighted by molar-refractivity contribution is 5.93. The number of aromatic nitrogens is 2. The van der Waals surface area contributed by atoms with Crippen molar-refractivity contribution < 1.29 is 4.79 Å². The molecular formula is C24H21N3O. The molecule has 0 fully saturated rings. The topological polar surface area (TPSA) is 54.9 Å². The van der Waals surface area contributed by atoms with Crippen molar-refractivity contribution in [1.29, 1.82) is 0 Å². The van der Waals surface area contributed by atoms with Gasteiger partial charge in [0.2, 0.25) is 5.91 Å². The summed E-state index contributed by atoms with van der Waals surface area (Å²) in [6, 6.07) is 24.2. The van der Waals surface area contributed by atoms with Gasteiger partial charge in [0.1, 0.15) is 0 Å². The average Bonchev–Trinajstić information content (AvgIpc) is 2.74. The first-order valence-electron chi connectivity index (χ1n) is 9.42. The SMILES string of the molecule is CCc1nc(-c2ccccc2)cnc1NC(=O)Cc1ccc2ccccc2c1. The van der Waals surface area contributed by atoms with Crippen LogP contribution in [0.15, 0.2) is 79.0 Å². The number of fused-ring (bicyclic) bond motifs is 1. The number of benzene rings is 3. The quantitative estimate of drug-likeness (QED) is 0.538. The molecule has 0 atom stereocenters. The van der Waals surface area contributed by atoms with Gasteiger partial charge >= 0.3 is 0 Å². The normalized spacial score (nSPS) is 10.8. The molecule has 0 saturated heterocycles. The molecule has 28 heavy (non-hydrogen) atoms. The summed E-state index contributed by atoms with van der Waals surface area (Å²) in [5.41, 5.74) is 3.58. The van der Waals surface area contributed by atoms with Crippen LogP contribution in [0.1, 0.15) is 18.2 Å². The van der Waals surface area contributed by atoms with Crippen molar-refractivity contribution in [2.75, 3.05) is 5.32 Å². The molecule has 0 unspecified atom stereocenters. The molecule has 1 aromatic heterocycles. The van der Waals surface area contributed by atoms with Crippen molar-refractivity contribution in [2.45, 2.75) is 19.8 Å². The standard InChI is InChI=1S/C24H21N3O/c1-2-21-24(25-16-22(26-21)19-9-4-3-5-10-19)27-23(28)15-17-12-13-18-8-6-7-11-20(18)14-17/h3-14,16H,2,15H2,1H3,(H,25,27,28). The third kappa shape index (κ3) is 3.91. The van der Waals surface area contributed by atoms with Gasteiger partial charge in [-0.2, -0.15) is 0 Å². The molecule has 4 rings (SSSR count). The van der Waals surface area contributed by atoms with Crippen LogP contribution in [-0.4, -0.2) is 15.9 Å². The first-order chi connectivity index (χ1) is 13.7. The summed E-state index contributed by atoms with van der Waals surface area (Å²) in [7, 11) is 0. The monoisotopic (exact) mass is 367 g/mol. The zero-order valence-electron chi connectivity index (χ0n) is 15.7. The van der Waals surface area contributed by atoms with Crippen LogP contribution in [0.2, 0.25) is 0 Å². The molecule has 138 valence electrons. The Bertz CT molecular complexity index is 1120. The number of carbonyl (C=O) groups excluding carboxylic acids is 1. The smallest absolute Gasteiger partial charge is 0.229 e. The van der Waals surface area contributed by atoms with Crippen molar-refractivity contribution in [3.05, 3.63) is 90.3 Å². The van der Waals surface area contributed by atoms with Crippen LogP contribution in [0.25, 0.3) is 22.0 Å². The maximum Gasteiger partial charge on any atom is 0.229 e. The zero-order valence-corrected chi connectivity index (χ0v) is 15.7. The molecule has 0 aliphatic carbocycles. The van der Waals surface area contributed by atoms with Crippen LogP contribution in [0.5, 0.6) is 0 Å². The number of anilines is 1. The molecule has 0 aliphatic rings. The number of carbonyl (C=O) groups is 1. The van der Waals surface area contributed by atoms with E-state index in [1.54, 1.807) is 6.20 Å². The lowest BCUT2D eigenvalue weighted by molar-refractivity contribution is -0.115. The van der Waals surface area contributed by atoms with Crippen LogP contribution < -0.4 is 5.32 Å². The van der Waals surface area contributed by atoms with E-state index in [2.05, 4.69) is 33.5 Å². The van der Waals surface area contributed by atoms with E-state index in [-0.39, 0.29) is 5.91 Å². The van der Waals surface area contributed by atoms with Crippen molar-refractivity contribution >= 4 is 22.5 Å². The van der Waals surface area contributed by atoms with E-state index in [4.69, 9.17) is 0 Å². The van der Waals surface area contributed by atoms with E-state index in [1.165, 1.54) is 5.39 Å². The summed E-state index contributed by atoms with van der Waals surface area (Å²) >= 11 is 0. The van der Waals surface area contributed by atoms with Gasteiger partial charge in [0, 0.05) is 5.56 Å². The van der Waals surface area contributed by atoms with Gasteiger partial charge in [-0.3, -0.25) is 4.79 Å². The molecule has 1 amide bonds. The van der Waals surface area contributed by atoms with Gasteiger partial charge in [0.25, 0.3) is 0 Å². The Morgan fingerprint density at radius 3 is 2.46 bits per heavy atom. The fourth-order valence-electron chi connectivity index (χ4n) is 3.24. The number of amides is 1. The van der Waals surface area contributed by atoms with Gasteiger partial charge in [-0.05, 0) is 22.8 Å². The van der Waals surface area contributed by atoms with Crippen LogP contribution in [0, 0.1) is 0 Å². The molecule has 4 aromatic rings. The number of hydrogen-bond acceptors (Lipinski definition) is 3. The number of rotatable bonds is 5. The van der Waals surface area contributed by atoms with E-state index in [0.717, 1.165) is 27.9 Å². The van der Waals surface area contributed by atoms with Gasteiger partial charge in [0.05, 0.1) is 24.0 Å². The zero-order chi connectivity index (χ0) is 19.3. The third-order valence-electron chi connectivity index (χ3n) is 4.69. The second-order valence-electron chi connectivity index (χ2n) is 6.68. The molecule has 0 spiro atoms. The van der Waals surface area contributed by atoms with Crippen LogP contribution in [0.3, 0.4) is 0 Å². The van der Waals surface area contributed by atoms with Crippen molar-refractivity contribution in [3.8, 4) is 11.3 Å². The minimum Gasteiger partial charge on any atom is -0.309 e. The molecule has 0 aliphatic heterocycles. The lowest BCUT2D eigenvalue weighted by Crippen LogP contribution is -2.17. The van der Waals surface area contributed by atoms with Gasteiger partial charge < -0.3 is 5.32 Å². The molecule has 1 N–H and O–H groups in total. The molecular weight excluding hydrogens is 346 g/mol. The van der Waals surface area contributed by atoms with Crippen molar-refractivity contribution in [1.82, 2.24) is 9.97 Å². The molecule has 0 radical (unpaired) electrons. The van der Waals surface area contributed by atoms with E-state index < -0.39 is 0 Å². The highest BCUT2D eigenvalue weighted by Gasteiger charge is 2.11. The summed E-state index contributed by atoms with van der Waals surface area (Å²) in [6.45, 7) is 2.01. The average molecular weight is 367 g/mol. The first-order valence-corrected chi connectivity index (χ1v) is 9.42. The Balaban J connectivity index is 1.51. The van der Waals surface area contributed by atoms with E-state index in [9.17, 15) is 4.79 Å². The second kappa shape index (κ2) is 8.01. The van der Waals surface area contributed by atoms with Gasteiger partial charge in [-0.25, -0.2) is 9.97 Å². The Morgan fingerprint density at radius 1 is 0.929 bits per heavy atom. The predicted octanol–water partition coefficient (Wildman–Crippen LogP) is 5.04. The molecule has 4 heteroatoms. The molecule has 0 saturated carbocycles. The molecule has 3 aromatic carbocycles. The Kier molecular flexibility index (Phi) is 5.11. The maximum absolute atomic E-state index is 12.6. The number of nitrogens with zero attached hydrogens (tertiary/aromatic N) is 2. The first kappa shape index (κ1) is 17.9. The summed E-state index contributed by atoms with van der Waals surface area (Å²) < 4.78 is 0. The summed E-state index contributed by atoms with van der Waals surface area (Å²) in [5.74, 6) is 0.444. The summed E-state index contributed by atoms with van der Waals surface area (Å²) in [6.07, 6.45) is 2.70. The van der Waals surface area contributed by atoms with E-state index in [0.29, 0.717) is 18.7 Å². The summed E-state index contributed by atoms with van der Waals surface area (Å²) in [5, 5.41) is 5.23. The third-order valence-corrected chi connectivity index (χ3v) is 4.69. The largest absolute Gasteiger partial charge is 0.309 e. The summed E-state index contributed by atoms with van der Waals surface area (Å²) in [4.78, 5) is 21.7. The fraction of sp³-hybridized carbons (Fsp3) is 0.125. The Labute approximate surface area is 164 Å². The van der Waals surface area contributed by atoms with Crippen LogP contribution in [0.4, 0.5) is 5.82 Å². The Hall–Kier alpha value is -3.53. The van der Waals surface area contributed by atoms with Gasteiger partial charge in [-0.1, -0.05) is 79.7 Å². The predicted molar refractivity (Wildman–Crippen MR) is 113 cm³/mol. The minimum atomic E-state index is -0.0910. The lowest BCUT2D eigenvalue weighted by Gasteiger charge is -2.10. The van der Waals surface area contributed by atoms with E-state index >= 15 is 0 Å². The number of aryl methyl sites for hydroxylation is 1. The van der Waals surface area contributed by atoms with Crippen molar-refractivity contribution in [3.63, 3.8) is 0 Å². The van der Waals surface area contributed by atoms with Crippen LogP contribution >= 0.6 is 0 Å². The maximum atomic E-state index is 12.6. The molecule has 1 heterocycles. The minimum absolute atomic E-state index is 0.0910. The van der Waals surface area contributed by atoms with Gasteiger partial charge in [0.15, 0.2) is 5.82 Å². The highest BCUT2D eigenvalue weighted by Crippen LogP contribution is 2.20. The molecule has 4 nitrogen and oxygen atoms in total. The number of nitrogens with one attached hydrogen (secondary N) is 1. The van der Waals surface area contributed by atoms with Gasteiger partial charge in [-0.15, -0.1) is 0 Å². The molecule has 0 bridgehead atoms. The van der Waals surface area contributed by atoms with Crippen LogP contribution in [-0.2, 0) is 17.6 Å². The van der Waals surface area contributed by atoms with E-state index in [1.807, 2.05) is 61.5 Å². The number of hydrogen-bond donors (Lipinski definition) is 1. The van der Waals surface area contributed by atoms with Crippen molar-refractivity contribution in [2.24, 2.45) is 0 Å². The highest BCUT2D eigenvalue weighted by atomic mass is 16.1.